The van der Waals surface area contributed by atoms with E-state index >= 15 is 4.39 Å². The van der Waals surface area contributed by atoms with Gasteiger partial charge in [-0.25, -0.2) is 9.07 Å². The molecule has 0 unspecified atom stereocenters. The van der Waals surface area contributed by atoms with Crippen LogP contribution in [0, 0.1) is 6.92 Å². The standard InChI is InChI=1S/C25H34FN7O/c1-18-5-4-6-21(15-18)34-17-23-28-29-24(32(23)3)19-7-9-20(10-8-19)33-16-22(27-30-33)25(26)11-13-31(2)14-12-25/h4-6,15-16,19-20H,7-14,17H2,1-3H3. The highest BCUT2D eigenvalue weighted by Crippen LogP contribution is 2.39. The number of benzene rings is 1. The molecular formula is C25H34FN7O. The molecule has 2 fully saturated rings. The fourth-order valence-electron chi connectivity index (χ4n) is 5.20. The number of piperidine rings is 1. The largest absolute Gasteiger partial charge is 0.486 e. The Balaban J connectivity index is 1.18. The van der Waals surface area contributed by atoms with Gasteiger partial charge in [-0.05, 0) is 57.4 Å². The summed E-state index contributed by atoms with van der Waals surface area (Å²) in [5.74, 6) is 3.03. The molecule has 1 aliphatic carbocycles. The van der Waals surface area contributed by atoms with Crippen LogP contribution in [0.4, 0.5) is 4.39 Å². The summed E-state index contributed by atoms with van der Waals surface area (Å²) in [6.45, 7) is 3.95. The number of aromatic nitrogens is 6. The number of hydrogen-bond acceptors (Lipinski definition) is 6. The maximum Gasteiger partial charge on any atom is 0.170 e. The minimum absolute atomic E-state index is 0.254. The van der Waals surface area contributed by atoms with Gasteiger partial charge in [0.05, 0.1) is 12.2 Å². The van der Waals surface area contributed by atoms with Crippen LogP contribution >= 0.6 is 0 Å². The molecule has 34 heavy (non-hydrogen) atoms. The van der Waals surface area contributed by atoms with Crippen LogP contribution in [0.3, 0.4) is 0 Å². The van der Waals surface area contributed by atoms with E-state index in [1.165, 1.54) is 5.56 Å². The van der Waals surface area contributed by atoms with Crippen molar-refractivity contribution in [2.45, 2.75) is 69.7 Å². The third-order valence-corrected chi connectivity index (χ3v) is 7.54. The zero-order chi connectivity index (χ0) is 23.7. The quantitative estimate of drug-likeness (QED) is 0.544. The minimum atomic E-state index is -1.35. The van der Waals surface area contributed by atoms with Crippen molar-refractivity contribution in [3.05, 3.63) is 53.4 Å². The molecular weight excluding hydrogens is 433 g/mol. The minimum Gasteiger partial charge on any atom is -0.486 e. The zero-order valence-corrected chi connectivity index (χ0v) is 20.3. The van der Waals surface area contributed by atoms with E-state index in [2.05, 4.69) is 30.0 Å². The molecule has 3 heterocycles. The maximum atomic E-state index is 15.4. The van der Waals surface area contributed by atoms with Gasteiger partial charge in [0.1, 0.15) is 23.9 Å². The maximum absolute atomic E-state index is 15.4. The van der Waals surface area contributed by atoms with E-state index in [0.29, 0.717) is 31.1 Å². The van der Waals surface area contributed by atoms with Crippen LogP contribution in [0.2, 0.25) is 0 Å². The van der Waals surface area contributed by atoms with Crippen LogP contribution in [0.1, 0.15) is 73.4 Å². The average molecular weight is 468 g/mol. The number of alkyl halides is 1. The molecule has 2 aliphatic rings. The number of ether oxygens (including phenoxy) is 1. The van der Waals surface area contributed by atoms with Gasteiger partial charge in [-0.2, -0.15) is 0 Å². The SMILES string of the molecule is Cc1cccc(OCc2nnc(C3CCC(n4cc(C5(F)CCN(C)CC5)nn4)CC3)n2C)c1. The number of hydrogen-bond donors (Lipinski definition) is 0. The zero-order valence-electron chi connectivity index (χ0n) is 20.3. The number of aryl methyl sites for hydroxylation is 1. The van der Waals surface area contributed by atoms with E-state index in [1.54, 1.807) is 0 Å². The van der Waals surface area contributed by atoms with Crippen LogP contribution in [0.25, 0.3) is 0 Å². The summed E-state index contributed by atoms with van der Waals surface area (Å²) in [5, 5.41) is 17.4. The molecule has 8 nitrogen and oxygen atoms in total. The molecule has 1 saturated carbocycles. The smallest absolute Gasteiger partial charge is 0.170 e. The van der Waals surface area contributed by atoms with Crippen LogP contribution in [-0.4, -0.2) is 54.8 Å². The van der Waals surface area contributed by atoms with Crippen LogP contribution in [0.15, 0.2) is 30.5 Å². The molecule has 0 atom stereocenters. The molecule has 1 aromatic carbocycles. The van der Waals surface area contributed by atoms with Crippen molar-refractivity contribution in [2.75, 3.05) is 20.1 Å². The Bertz CT molecular complexity index is 1110. The highest BCUT2D eigenvalue weighted by atomic mass is 19.1. The van der Waals surface area contributed by atoms with Gasteiger partial charge in [0.15, 0.2) is 11.5 Å². The third kappa shape index (κ3) is 4.71. The Morgan fingerprint density at radius 3 is 2.56 bits per heavy atom. The number of likely N-dealkylation sites (tertiary alicyclic amines) is 1. The highest BCUT2D eigenvalue weighted by Gasteiger charge is 2.38. The first-order chi connectivity index (χ1) is 16.4. The molecule has 3 aromatic rings. The Morgan fingerprint density at radius 2 is 1.82 bits per heavy atom. The molecule has 2 aromatic heterocycles. The Hall–Kier alpha value is -2.81. The number of nitrogens with zero attached hydrogens (tertiary/aromatic N) is 7. The fraction of sp³-hybridized carbons (Fsp3) is 0.600. The normalized spacial score (nSPS) is 23.2. The van der Waals surface area contributed by atoms with Crippen molar-refractivity contribution in [3.63, 3.8) is 0 Å². The molecule has 1 aliphatic heterocycles. The average Bonchev–Trinajstić information content (AvgIpc) is 3.48. The second kappa shape index (κ2) is 9.44. The lowest BCUT2D eigenvalue weighted by molar-refractivity contribution is 0.0632. The van der Waals surface area contributed by atoms with Gasteiger partial charge in [0.25, 0.3) is 0 Å². The van der Waals surface area contributed by atoms with Gasteiger partial charge in [-0.15, -0.1) is 15.3 Å². The molecule has 0 radical (unpaired) electrons. The summed E-state index contributed by atoms with van der Waals surface area (Å²) in [7, 11) is 4.05. The second-order valence-electron chi connectivity index (χ2n) is 10.00. The van der Waals surface area contributed by atoms with Gasteiger partial charge in [-0.1, -0.05) is 17.3 Å². The van der Waals surface area contributed by atoms with Crippen LogP contribution in [-0.2, 0) is 19.3 Å². The van der Waals surface area contributed by atoms with Gasteiger partial charge in [-0.3, -0.25) is 0 Å². The molecule has 5 rings (SSSR count). The van der Waals surface area contributed by atoms with E-state index in [-0.39, 0.29) is 6.04 Å². The molecule has 0 bridgehead atoms. The second-order valence-corrected chi connectivity index (χ2v) is 10.00. The van der Waals surface area contributed by atoms with Crippen molar-refractivity contribution >= 4 is 0 Å². The molecule has 1 saturated heterocycles. The van der Waals surface area contributed by atoms with Crippen LogP contribution in [0.5, 0.6) is 5.75 Å². The first-order valence-corrected chi connectivity index (χ1v) is 12.3. The Kier molecular flexibility index (Phi) is 6.38. The van der Waals surface area contributed by atoms with Gasteiger partial charge < -0.3 is 14.2 Å². The lowest BCUT2D eigenvalue weighted by Crippen LogP contribution is -2.38. The molecule has 0 spiro atoms. The van der Waals surface area contributed by atoms with Gasteiger partial charge in [0.2, 0.25) is 0 Å². The van der Waals surface area contributed by atoms with Crippen molar-refractivity contribution in [1.29, 1.82) is 0 Å². The number of rotatable bonds is 6. The summed E-state index contributed by atoms with van der Waals surface area (Å²) in [4.78, 5) is 2.16. The van der Waals surface area contributed by atoms with Crippen molar-refractivity contribution in [2.24, 2.45) is 7.05 Å². The monoisotopic (exact) mass is 467 g/mol. The van der Waals surface area contributed by atoms with Gasteiger partial charge >= 0.3 is 0 Å². The molecule has 182 valence electrons. The van der Waals surface area contributed by atoms with Gasteiger partial charge in [0, 0.05) is 38.9 Å². The molecule has 9 heteroatoms. The van der Waals surface area contributed by atoms with E-state index in [9.17, 15) is 0 Å². The highest BCUT2D eigenvalue weighted by molar-refractivity contribution is 5.27. The molecule has 0 amide bonds. The summed E-state index contributed by atoms with van der Waals surface area (Å²) in [6.07, 6.45) is 6.74. The van der Waals surface area contributed by atoms with E-state index in [1.807, 2.05) is 56.2 Å². The number of halogens is 1. The predicted octanol–water partition coefficient (Wildman–Crippen LogP) is 4.08. The third-order valence-electron chi connectivity index (χ3n) is 7.54. The molecule has 0 N–H and O–H groups in total. The van der Waals surface area contributed by atoms with E-state index < -0.39 is 5.67 Å². The van der Waals surface area contributed by atoms with Crippen molar-refractivity contribution in [3.8, 4) is 5.75 Å². The first-order valence-electron chi connectivity index (χ1n) is 12.3. The summed E-state index contributed by atoms with van der Waals surface area (Å²) in [5.41, 5.74) is 0.312. The Labute approximate surface area is 200 Å². The fourth-order valence-corrected chi connectivity index (χ4v) is 5.20. The lowest BCUT2D eigenvalue weighted by Gasteiger charge is -2.33. The predicted molar refractivity (Wildman–Crippen MR) is 126 cm³/mol. The van der Waals surface area contributed by atoms with Crippen LogP contribution < -0.4 is 4.74 Å². The topological polar surface area (TPSA) is 73.9 Å². The summed E-state index contributed by atoms with van der Waals surface area (Å²) in [6, 6.07) is 8.27. The Morgan fingerprint density at radius 1 is 1.06 bits per heavy atom. The first kappa shape index (κ1) is 23.0. The van der Waals surface area contributed by atoms with E-state index in [4.69, 9.17) is 4.74 Å². The lowest BCUT2D eigenvalue weighted by atomic mass is 9.85. The van der Waals surface area contributed by atoms with Crippen molar-refractivity contribution < 1.29 is 9.13 Å². The summed E-state index contributed by atoms with van der Waals surface area (Å²) >= 11 is 0. The van der Waals surface area contributed by atoms with Crippen molar-refractivity contribution in [1.82, 2.24) is 34.7 Å². The van der Waals surface area contributed by atoms with E-state index in [0.717, 1.165) is 56.2 Å². The summed E-state index contributed by atoms with van der Waals surface area (Å²) < 4.78 is 25.3.